The van der Waals surface area contributed by atoms with E-state index in [0.717, 1.165) is 25.5 Å². The van der Waals surface area contributed by atoms with Crippen LogP contribution in [-0.2, 0) is 6.42 Å². The first kappa shape index (κ1) is 13.9. The Hall–Kier alpha value is -1.10. The second-order valence-electron chi connectivity index (χ2n) is 6.11. The Balaban J connectivity index is 1.48. The minimum Gasteiger partial charge on any atom is -0.356 e. The summed E-state index contributed by atoms with van der Waals surface area (Å²) in [6.07, 6.45) is 8.53. The molecule has 0 unspecified atom stereocenters. The zero-order chi connectivity index (χ0) is 14.0. The molecule has 110 valence electrons. The highest BCUT2D eigenvalue weighted by atomic mass is 32.1. The van der Waals surface area contributed by atoms with Gasteiger partial charge in [0.1, 0.15) is 0 Å². The van der Waals surface area contributed by atoms with Crippen molar-refractivity contribution in [3.63, 3.8) is 0 Å². The maximum Gasteiger partial charge on any atom is 0.193 e. The number of nitrogens with one attached hydrogen (secondary N) is 1. The van der Waals surface area contributed by atoms with Gasteiger partial charge in [-0.2, -0.15) is 0 Å². The summed E-state index contributed by atoms with van der Waals surface area (Å²) in [7, 11) is 1.89. The van der Waals surface area contributed by atoms with Crippen molar-refractivity contribution < 1.29 is 0 Å². The minimum atomic E-state index is 0.629. The highest BCUT2D eigenvalue weighted by Gasteiger charge is 2.43. The van der Waals surface area contributed by atoms with Crippen LogP contribution in [0.3, 0.4) is 0 Å². The van der Waals surface area contributed by atoms with Gasteiger partial charge in [0.05, 0.1) is 5.01 Å². The molecule has 1 aromatic rings. The number of aliphatic imine (C=N–C) groups is 1. The van der Waals surface area contributed by atoms with Crippen molar-refractivity contribution in [2.75, 3.05) is 26.7 Å². The maximum atomic E-state index is 4.44. The molecular weight excluding hydrogens is 268 g/mol. The Morgan fingerprint density at radius 2 is 2.35 bits per heavy atom. The molecule has 0 bridgehead atoms. The van der Waals surface area contributed by atoms with Gasteiger partial charge in [0.25, 0.3) is 0 Å². The number of guanidine groups is 1. The van der Waals surface area contributed by atoms with Gasteiger partial charge in [0, 0.05) is 44.2 Å². The van der Waals surface area contributed by atoms with E-state index in [9.17, 15) is 0 Å². The average Bonchev–Trinajstić information content (AvgIpc) is 3.01. The lowest BCUT2D eigenvalue weighted by Gasteiger charge is -2.38. The van der Waals surface area contributed by atoms with Crippen molar-refractivity contribution in [3.8, 4) is 0 Å². The lowest BCUT2D eigenvalue weighted by atomic mass is 9.68. The fraction of sp³-hybridized carbons (Fsp3) is 0.733. The van der Waals surface area contributed by atoms with Gasteiger partial charge in [0.2, 0.25) is 0 Å². The summed E-state index contributed by atoms with van der Waals surface area (Å²) < 4.78 is 0. The number of nitrogens with zero attached hydrogens (tertiary/aromatic N) is 3. The number of thiazole rings is 1. The SMILES string of the molecule is CN=C(NCCc1ncc(C)s1)N1CCC2(CCC2)C1. The van der Waals surface area contributed by atoms with Crippen molar-refractivity contribution in [1.29, 1.82) is 0 Å². The first-order valence-electron chi connectivity index (χ1n) is 7.58. The van der Waals surface area contributed by atoms with Crippen LogP contribution in [0.1, 0.15) is 35.6 Å². The molecule has 1 aliphatic heterocycles. The van der Waals surface area contributed by atoms with E-state index in [0.29, 0.717) is 5.41 Å². The molecule has 3 rings (SSSR count). The van der Waals surface area contributed by atoms with Gasteiger partial charge in [0.15, 0.2) is 5.96 Å². The molecule has 1 aromatic heterocycles. The molecular formula is C15H24N4S. The van der Waals surface area contributed by atoms with E-state index in [2.05, 4.69) is 27.1 Å². The molecule has 0 aromatic carbocycles. The van der Waals surface area contributed by atoms with Crippen molar-refractivity contribution in [3.05, 3.63) is 16.1 Å². The van der Waals surface area contributed by atoms with Gasteiger partial charge in [-0.25, -0.2) is 4.98 Å². The molecule has 2 fully saturated rings. The van der Waals surface area contributed by atoms with E-state index in [4.69, 9.17) is 0 Å². The molecule has 2 heterocycles. The van der Waals surface area contributed by atoms with E-state index in [-0.39, 0.29) is 0 Å². The second kappa shape index (κ2) is 5.72. The van der Waals surface area contributed by atoms with Crippen molar-refractivity contribution >= 4 is 17.3 Å². The number of hydrogen-bond donors (Lipinski definition) is 1. The van der Waals surface area contributed by atoms with Gasteiger partial charge >= 0.3 is 0 Å². The maximum absolute atomic E-state index is 4.44. The van der Waals surface area contributed by atoms with E-state index >= 15 is 0 Å². The Morgan fingerprint density at radius 3 is 2.90 bits per heavy atom. The third-order valence-electron chi connectivity index (χ3n) is 4.65. The summed E-state index contributed by atoms with van der Waals surface area (Å²) in [4.78, 5) is 12.6. The molecule has 0 radical (unpaired) electrons. The third kappa shape index (κ3) is 2.82. The van der Waals surface area contributed by atoms with Crippen LogP contribution in [-0.4, -0.2) is 42.5 Å². The van der Waals surface area contributed by atoms with E-state index in [1.807, 2.05) is 13.2 Å². The van der Waals surface area contributed by atoms with E-state index < -0.39 is 0 Å². The van der Waals surface area contributed by atoms with Gasteiger partial charge in [-0.15, -0.1) is 11.3 Å². The summed E-state index contributed by atoms with van der Waals surface area (Å²) in [6.45, 7) is 5.39. The molecule has 4 nitrogen and oxygen atoms in total. The summed E-state index contributed by atoms with van der Waals surface area (Å²) in [6, 6.07) is 0. The van der Waals surface area contributed by atoms with Crippen LogP contribution in [0.4, 0.5) is 0 Å². The average molecular weight is 292 g/mol. The molecule has 1 aliphatic carbocycles. The van der Waals surface area contributed by atoms with Crippen LogP contribution in [0, 0.1) is 12.3 Å². The van der Waals surface area contributed by atoms with E-state index in [1.54, 1.807) is 11.3 Å². The highest BCUT2D eigenvalue weighted by molar-refractivity contribution is 7.11. The number of hydrogen-bond acceptors (Lipinski definition) is 3. The molecule has 2 aliphatic rings. The molecule has 1 spiro atoms. The fourth-order valence-electron chi connectivity index (χ4n) is 3.33. The standard InChI is InChI=1S/C15H24N4S/c1-12-10-18-13(20-12)4-8-17-14(16-2)19-9-7-15(11-19)5-3-6-15/h10H,3-9,11H2,1-2H3,(H,16,17). The van der Waals surface area contributed by atoms with Crippen LogP contribution in [0.5, 0.6) is 0 Å². The first-order chi connectivity index (χ1) is 9.71. The molecule has 0 amide bonds. The predicted molar refractivity (Wildman–Crippen MR) is 84.4 cm³/mol. The van der Waals surface area contributed by atoms with Crippen molar-refractivity contribution in [1.82, 2.24) is 15.2 Å². The second-order valence-corrected chi connectivity index (χ2v) is 7.43. The minimum absolute atomic E-state index is 0.629. The third-order valence-corrected chi connectivity index (χ3v) is 5.63. The number of aryl methyl sites for hydroxylation is 1. The lowest BCUT2D eigenvalue weighted by molar-refractivity contribution is 0.151. The van der Waals surface area contributed by atoms with Crippen LogP contribution in [0.15, 0.2) is 11.2 Å². The Kier molecular flexibility index (Phi) is 3.96. The molecule has 0 atom stereocenters. The fourth-order valence-corrected chi connectivity index (χ4v) is 4.12. The van der Waals surface area contributed by atoms with Crippen molar-refractivity contribution in [2.45, 2.75) is 39.0 Å². The number of rotatable bonds is 3. The summed E-state index contributed by atoms with van der Waals surface area (Å²) in [5.41, 5.74) is 0.629. The lowest BCUT2D eigenvalue weighted by Crippen LogP contribution is -2.43. The predicted octanol–water partition coefficient (Wildman–Crippen LogP) is 2.45. The van der Waals surface area contributed by atoms with Crippen LogP contribution in [0.25, 0.3) is 0 Å². The zero-order valence-corrected chi connectivity index (χ0v) is 13.3. The number of likely N-dealkylation sites (tertiary alicyclic amines) is 1. The van der Waals surface area contributed by atoms with Gasteiger partial charge in [-0.1, -0.05) is 6.42 Å². The quantitative estimate of drug-likeness (QED) is 0.687. The van der Waals surface area contributed by atoms with Gasteiger partial charge in [-0.05, 0) is 31.6 Å². The van der Waals surface area contributed by atoms with E-state index in [1.165, 1.54) is 42.1 Å². The monoisotopic (exact) mass is 292 g/mol. The zero-order valence-electron chi connectivity index (χ0n) is 12.5. The molecule has 20 heavy (non-hydrogen) atoms. The molecule has 5 heteroatoms. The molecule has 1 saturated heterocycles. The van der Waals surface area contributed by atoms with Gasteiger partial charge in [-0.3, -0.25) is 4.99 Å². The molecule has 1 saturated carbocycles. The summed E-state index contributed by atoms with van der Waals surface area (Å²) in [5, 5.41) is 4.71. The van der Waals surface area contributed by atoms with Crippen LogP contribution >= 0.6 is 11.3 Å². The summed E-state index contributed by atoms with van der Waals surface area (Å²) >= 11 is 1.79. The van der Waals surface area contributed by atoms with Gasteiger partial charge < -0.3 is 10.2 Å². The normalized spacial score (nSPS) is 21.3. The van der Waals surface area contributed by atoms with Crippen LogP contribution < -0.4 is 5.32 Å². The highest BCUT2D eigenvalue weighted by Crippen LogP contribution is 2.47. The number of aromatic nitrogens is 1. The van der Waals surface area contributed by atoms with Crippen molar-refractivity contribution in [2.24, 2.45) is 10.4 Å². The Labute approximate surface area is 125 Å². The topological polar surface area (TPSA) is 40.5 Å². The summed E-state index contributed by atoms with van der Waals surface area (Å²) in [5.74, 6) is 1.07. The Morgan fingerprint density at radius 1 is 1.50 bits per heavy atom. The Bertz CT molecular complexity index is 490. The smallest absolute Gasteiger partial charge is 0.193 e. The molecule has 1 N–H and O–H groups in total. The first-order valence-corrected chi connectivity index (χ1v) is 8.39. The largest absolute Gasteiger partial charge is 0.356 e. The van der Waals surface area contributed by atoms with Crippen LogP contribution in [0.2, 0.25) is 0 Å².